The van der Waals surface area contributed by atoms with Crippen LogP contribution in [0.25, 0.3) is 56.2 Å². The highest BCUT2D eigenvalue weighted by Gasteiger charge is 2.52. The SMILES string of the molecule is c1ccc(-c2cc(-c3ccc(-c4ccc5c(c4)Oc4ccccc4C54c5ccccc5-c5ccccc54)cc3)nc(-c3ccc(C45CC6C[C@H](C4)C[C@H](C6)C5)cc3)n2)cc1. The minimum absolute atomic E-state index is 0.371. The summed E-state index contributed by atoms with van der Waals surface area (Å²) in [5.74, 6) is 5.34. The van der Waals surface area contributed by atoms with Crippen LogP contribution in [-0.2, 0) is 10.8 Å². The molecule has 7 aromatic carbocycles. The Hall–Kier alpha value is -6.58. The topological polar surface area (TPSA) is 35.0 Å². The van der Waals surface area contributed by atoms with Gasteiger partial charge in [0, 0.05) is 27.8 Å². The number of nitrogens with zero attached hydrogens (tertiary/aromatic N) is 2. The van der Waals surface area contributed by atoms with Gasteiger partial charge in [0.25, 0.3) is 0 Å². The highest BCUT2D eigenvalue weighted by atomic mass is 16.5. The summed E-state index contributed by atoms with van der Waals surface area (Å²) >= 11 is 0. The number of hydrogen-bond donors (Lipinski definition) is 0. The second kappa shape index (κ2) is 13.0. The summed E-state index contributed by atoms with van der Waals surface area (Å²) in [6.45, 7) is 0. The molecular formula is C57H44N2O. The van der Waals surface area contributed by atoms with Gasteiger partial charge in [0.2, 0.25) is 0 Å². The van der Waals surface area contributed by atoms with E-state index in [4.69, 9.17) is 14.7 Å². The zero-order valence-corrected chi connectivity index (χ0v) is 33.5. The first-order chi connectivity index (χ1) is 29.6. The Morgan fingerprint density at radius 2 is 0.900 bits per heavy atom. The quantitative estimate of drug-likeness (QED) is 0.175. The van der Waals surface area contributed by atoms with Crippen molar-refractivity contribution < 1.29 is 4.74 Å². The Labute approximate surface area is 351 Å². The second-order valence-electron chi connectivity index (χ2n) is 18.3. The van der Waals surface area contributed by atoms with Crippen molar-refractivity contribution in [3.05, 3.63) is 204 Å². The predicted octanol–water partition coefficient (Wildman–Crippen LogP) is 14.1. The van der Waals surface area contributed by atoms with Crippen molar-refractivity contribution in [2.45, 2.75) is 49.4 Å². The number of ether oxygens (including phenoxy) is 1. The number of aromatic nitrogens is 2. The molecule has 60 heavy (non-hydrogen) atoms. The molecule has 14 rings (SSSR count). The Balaban J connectivity index is 0.866. The van der Waals surface area contributed by atoms with E-state index in [1.807, 2.05) is 0 Å². The van der Waals surface area contributed by atoms with Gasteiger partial charge >= 0.3 is 0 Å². The maximum atomic E-state index is 6.81. The van der Waals surface area contributed by atoms with Gasteiger partial charge in [0.05, 0.1) is 16.8 Å². The van der Waals surface area contributed by atoms with Crippen molar-refractivity contribution in [1.82, 2.24) is 9.97 Å². The normalized spacial score (nSPS) is 22.1. The summed E-state index contributed by atoms with van der Waals surface area (Å²) in [5, 5.41) is 0. The lowest BCUT2D eigenvalue weighted by molar-refractivity contribution is -0.00518. The van der Waals surface area contributed by atoms with E-state index >= 15 is 0 Å². The number of benzene rings is 7. The van der Waals surface area contributed by atoms with Crippen LogP contribution in [0.3, 0.4) is 0 Å². The van der Waals surface area contributed by atoms with E-state index in [0.717, 1.165) is 74.3 Å². The molecule has 2 heterocycles. The second-order valence-corrected chi connectivity index (χ2v) is 18.3. The molecule has 5 aliphatic carbocycles. The zero-order valence-electron chi connectivity index (χ0n) is 33.5. The number of rotatable bonds is 5. The molecule has 0 atom stereocenters. The van der Waals surface area contributed by atoms with Crippen LogP contribution < -0.4 is 4.74 Å². The minimum Gasteiger partial charge on any atom is -0.457 e. The fourth-order valence-corrected chi connectivity index (χ4v) is 12.8. The van der Waals surface area contributed by atoms with Gasteiger partial charge in [-0.15, -0.1) is 0 Å². The zero-order chi connectivity index (χ0) is 39.4. The molecule has 4 bridgehead atoms. The predicted molar refractivity (Wildman–Crippen MR) is 241 cm³/mol. The van der Waals surface area contributed by atoms with E-state index in [1.165, 1.54) is 77.5 Å². The highest BCUT2D eigenvalue weighted by molar-refractivity contribution is 5.89. The number of hydrogen-bond acceptors (Lipinski definition) is 3. The first kappa shape index (κ1) is 34.3. The molecular weight excluding hydrogens is 729 g/mol. The highest BCUT2D eigenvalue weighted by Crippen LogP contribution is 2.63. The van der Waals surface area contributed by atoms with Gasteiger partial charge in [-0.3, -0.25) is 0 Å². The summed E-state index contributed by atoms with van der Waals surface area (Å²) in [6.07, 6.45) is 8.49. The van der Waals surface area contributed by atoms with Crippen LogP contribution in [0.1, 0.15) is 66.3 Å². The van der Waals surface area contributed by atoms with Crippen molar-refractivity contribution in [3.8, 4) is 67.7 Å². The third-order valence-electron chi connectivity index (χ3n) is 15.0. The molecule has 0 radical (unpaired) electrons. The third-order valence-corrected chi connectivity index (χ3v) is 15.0. The maximum absolute atomic E-state index is 6.81. The Morgan fingerprint density at radius 1 is 0.400 bits per heavy atom. The van der Waals surface area contributed by atoms with Crippen LogP contribution >= 0.6 is 0 Å². The third kappa shape index (κ3) is 5.08. The van der Waals surface area contributed by atoms with E-state index in [2.05, 4.69) is 176 Å². The molecule has 6 aliphatic rings. The molecule has 0 unspecified atom stereocenters. The summed E-state index contributed by atoms with van der Waals surface area (Å²) in [6, 6.07) is 64.0. The lowest BCUT2D eigenvalue weighted by Crippen LogP contribution is -2.48. The molecule has 288 valence electrons. The smallest absolute Gasteiger partial charge is 0.160 e. The van der Waals surface area contributed by atoms with Crippen molar-refractivity contribution in [2.75, 3.05) is 0 Å². The van der Waals surface area contributed by atoms with Crippen LogP contribution in [0, 0.1) is 17.8 Å². The summed E-state index contributed by atoms with van der Waals surface area (Å²) in [4.78, 5) is 10.4. The lowest BCUT2D eigenvalue weighted by Gasteiger charge is -2.57. The molecule has 1 spiro atoms. The summed E-state index contributed by atoms with van der Waals surface area (Å²) in [7, 11) is 0. The van der Waals surface area contributed by atoms with Gasteiger partial charge < -0.3 is 4.74 Å². The minimum atomic E-state index is -0.462. The van der Waals surface area contributed by atoms with E-state index in [-0.39, 0.29) is 0 Å². The van der Waals surface area contributed by atoms with Crippen LogP contribution in [0.15, 0.2) is 176 Å². The molecule has 0 saturated heterocycles. The molecule has 1 aliphatic heterocycles. The Kier molecular flexibility index (Phi) is 7.41. The van der Waals surface area contributed by atoms with Crippen LogP contribution in [0.5, 0.6) is 11.5 Å². The van der Waals surface area contributed by atoms with Gasteiger partial charge in [-0.2, -0.15) is 0 Å². The average molecular weight is 773 g/mol. The first-order valence-corrected chi connectivity index (χ1v) is 21.9. The van der Waals surface area contributed by atoms with Crippen LogP contribution in [0.2, 0.25) is 0 Å². The molecule has 0 amide bonds. The van der Waals surface area contributed by atoms with Gasteiger partial charge in [0.15, 0.2) is 5.82 Å². The van der Waals surface area contributed by atoms with E-state index in [9.17, 15) is 0 Å². The van der Waals surface area contributed by atoms with Crippen molar-refractivity contribution in [3.63, 3.8) is 0 Å². The van der Waals surface area contributed by atoms with Gasteiger partial charge in [-0.05, 0) is 119 Å². The van der Waals surface area contributed by atoms with Crippen molar-refractivity contribution in [1.29, 1.82) is 0 Å². The summed E-state index contributed by atoms with van der Waals surface area (Å²) < 4.78 is 6.81. The van der Waals surface area contributed by atoms with Gasteiger partial charge in [-0.1, -0.05) is 158 Å². The van der Waals surface area contributed by atoms with Crippen LogP contribution in [0.4, 0.5) is 0 Å². The molecule has 4 saturated carbocycles. The number of fused-ring (bicyclic) bond motifs is 9. The first-order valence-electron chi connectivity index (χ1n) is 21.9. The largest absolute Gasteiger partial charge is 0.457 e. The van der Waals surface area contributed by atoms with Gasteiger partial charge in [0.1, 0.15) is 11.5 Å². The molecule has 3 heteroatoms. The Morgan fingerprint density at radius 3 is 1.55 bits per heavy atom. The maximum Gasteiger partial charge on any atom is 0.160 e. The molecule has 0 N–H and O–H groups in total. The summed E-state index contributed by atoms with van der Waals surface area (Å²) in [5.41, 5.74) is 16.3. The van der Waals surface area contributed by atoms with Crippen molar-refractivity contribution >= 4 is 0 Å². The standard InChI is InChI=1S/C57H44N2O/c1-2-10-40(11-3-1)51-32-52(59-55(58-51)42-22-25-44(26-23-42)56-33-36-28-37(34-56)30-38(29-36)35-56)41-20-18-39(19-21-41)43-24-27-50-54(31-43)60-53-17-9-8-16-49(53)57(50)47-14-6-4-12-45(47)46-13-5-7-15-48(46)57/h1-27,31-32,36-38H,28-30,33-35H2/t36-,37-,38?,56?/m1/s1. The van der Waals surface area contributed by atoms with E-state index in [1.54, 1.807) is 0 Å². The fraction of sp³-hybridized carbons (Fsp3) is 0.193. The van der Waals surface area contributed by atoms with Crippen molar-refractivity contribution in [2.24, 2.45) is 17.8 Å². The fourth-order valence-electron chi connectivity index (χ4n) is 12.8. The molecule has 8 aromatic rings. The molecule has 4 fully saturated rings. The molecule has 1 aromatic heterocycles. The van der Waals surface area contributed by atoms with E-state index in [0.29, 0.717) is 5.41 Å². The monoisotopic (exact) mass is 772 g/mol. The molecule has 3 nitrogen and oxygen atoms in total. The Bertz CT molecular complexity index is 2900. The lowest BCUT2D eigenvalue weighted by atomic mass is 9.48. The van der Waals surface area contributed by atoms with E-state index < -0.39 is 5.41 Å². The van der Waals surface area contributed by atoms with Crippen LogP contribution in [-0.4, -0.2) is 9.97 Å². The average Bonchev–Trinajstić information content (AvgIpc) is 3.59. The van der Waals surface area contributed by atoms with Gasteiger partial charge in [-0.25, -0.2) is 9.97 Å². The number of para-hydroxylation sites is 1.